The Morgan fingerprint density at radius 2 is 0.744 bits per heavy atom. The van der Waals surface area contributed by atoms with Crippen LogP contribution >= 0.6 is 69.6 Å². The minimum atomic E-state index is -3.67. The van der Waals surface area contributed by atoms with Gasteiger partial charge < -0.3 is 73.7 Å². The average molecular weight is 1920 g/mol. The van der Waals surface area contributed by atoms with Gasteiger partial charge in [-0.1, -0.05) is 143 Å². The number of hydrogen-bond donors (Lipinski definition) is 5. The third-order valence-electron chi connectivity index (χ3n) is 20.1. The first-order chi connectivity index (χ1) is 60.1. The van der Waals surface area contributed by atoms with Gasteiger partial charge in [0, 0.05) is 146 Å². The molecule has 0 bridgehead atoms. The molecule has 9 rings (SSSR count). The molecule has 0 aliphatic carbocycles. The van der Waals surface area contributed by atoms with Gasteiger partial charge in [0.2, 0.25) is 20.0 Å². The van der Waals surface area contributed by atoms with Crippen LogP contribution in [0.15, 0.2) is 134 Å². The Labute approximate surface area is 768 Å². The third-order valence-corrected chi connectivity index (χ3v) is 26.6. The number of sulfone groups is 1. The number of ketones is 1. The SMILES string of the molecule is CCCCCCC(=O)CCCOCCOCCOCCCS(=O)(=O)c1ccc(C2CN(C)Cc3c(Cl)cc(Cl)cc32)cc1.CN1Cc2c(Cl)cc(Cl)cc2C(c2ccc(S(=O)(=O)NCCOCCOCCOCCN)cc2)C1.CNC(=O)NCCOCCOCCOCCNS(=O)(=O)c1ccc(C2CN(C)Cc3c(Cl)cc(Cl)cc32)cc1.O=NCCCCN=O. The van der Waals surface area contributed by atoms with Crippen LogP contribution in [0.5, 0.6) is 0 Å². The summed E-state index contributed by atoms with van der Waals surface area (Å²) in [4.78, 5) is 48.9. The number of urea groups is 1. The lowest BCUT2D eigenvalue weighted by atomic mass is 9.85. The predicted molar refractivity (Wildman–Crippen MR) is 493 cm³/mol. The van der Waals surface area contributed by atoms with Gasteiger partial charge in [-0.05, 0) is 176 Å². The lowest BCUT2D eigenvalue weighted by Crippen LogP contribution is -2.35. The summed E-state index contributed by atoms with van der Waals surface area (Å²) in [5, 5.41) is 14.0. The maximum absolute atomic E-state index is 12.9. The minimum absolute atomic E-state index is 0.0164. The summed E-state index contributed by atoms with van der Waals surface area (Å²) < 4.78 is 130. The van der Waals surface area contributed by atoms with Crippen molar-refractivity contribution in [3.05, 3.63) is 199 Å². The maximum atomic E-state index is 12.9. The van der Waals surface area contributed by atoms with Gasteiger partial charge in [0.05, 0.1) is 139 Å². The van der Waals surface area contributed by atoms with E-state index in [1.54, 1.807) is 61.6 Å². The number of nitrogens with one attached hydrogen (secondary N) is 4. The second-order valence-corrected chi connectivity index (χ2v) is 38.1. The molecule has 3 unspecified atom stereocenters. The van der Waals surface area contributed by atoms with Gasteiger partial charge in [-0.3, -0.25) is 4.79 Å². The highest BCUT2D eigenvalue weighted by molar-refractivity contribution is 7.91. The van der Waals surface area contributed by atoms with Gasteiger partial charge in [-0.15, -0.1) is 0 Å². The van der Waals surface area contributed by atoms with Gasteiger partial charge in [0.25, 0.3) is 0 Å². The van der Waals surface area contributed by atoms with Crippen LogP contribution in [-0.2, 0) is 96.9 Å². The molecule has 3 aliphatic heterocycles. The quantitative estimate of drug-likeness (QED) is 0.0175. The van der Waals surface area contributed by atoms with Crippen molar-refractivity contribution in [1.82, 2.24) is 34.8 Å². The molecule has 6 aromatic carbocycles. The van der Waals surface area contributed by atoms with E-state index >= 15 is 0 Å². The van der Waals surface area contributed by atoms with Crippen LogP contribution in [0.3, 0.4) is 0 Å². The van der Waals surface area contributed by atoms with E-state index in [9.17, 15) is 44.7 Å². The van der Waals surface area contributed by atoms with E-state index in [2.05, 4.69) is 52.1 Å². The Morgan fingerprint density at radius 3 is 1.10 bits per heavy atom. The normalized spacial score (nSPS) is 15.3. The van der Waals surface area contributed by atoms with Gasteiger partial charge in [-0.2, -0.15) is 9.81 Å². The first kappa shape index (κ1) is 108. The number of nitrogens with zero attached hydrogens (tertiary/aromatic N) is 5. The Balaban J connectivity index is 0.000000278. The maximum Gasteiger partial charge on any atom is 0.314 e. The topological polar surface area (TPSA) is 362 Å². The number of nitrogens with two attached hydrogens (primary N) is 1. The number of nitroso groups, excluding NO2 is 2. The van der Waals surface area contributed by atoms with Crippen molar-refractivity contribution in [3.8, 4) is 0 Å². The Morgan fingerprint density at radius 1 is 0.416 bits per heavy atom. The highest BCUT2D eigenvalue weighted by Gasteiger charge is 2.32. The summed E-state index contributed by atoms with van der Waals surface area (Å²) in [6.07, 6.45) is 8.28. The molecule has 0 saturated carbocycles. The summed E-state index contributed by atoms with van der Waals surface area (Å²) in [7, 11) is -3.07. The number of sulfonamides is 2. The fourth-order valence-corrected chi connectivity index (χ4v) is 18.8. The number of hydrogen-bond acceptors (Lipinski definition) is 25. The van der Waals surface area contributed by atoms with Crippen molar-refractivity contribution >= 4 is 111 Å². The van der Waals surface area contributed by atoms with E-state index in [1.807, 2.05) is 75.7 Å². The molecular formula is C87H124Cl6N10O19S3. The van der Waals surface area contributed by atoms with Crippen LogP contribution in [0, 0.1) is 9.81 Å². The van der Waals surface area contributed by atoms with Crippen molar-refractivity contribution in [2.24, 2.45) is 16.1 Å². The summed E-state index contributed by atoms with van der Waals surface area (Å²) in [6.45, 7) is 15.8. The zero-order valence-electron chi connectivity index (χ0n) is 72.2. The summed E-state index contributed by atoms with van der Waals surface area (Å²) in [5.74, 6) is 0.484. The Bertz CT molecular complexity index is 4540. The molecule has 0 radical (unpaired) electrons. The number of unbranched alkanes of at least 4 members (excludes halogenated alkanes) is 4. The van der Waals surface area contributed by atoms with Crippen LogP contribution in [0.25, 0.3) is 0 Å². The van der Waals surface area contributed by atoms with Gasteiger partial charge in [-0.25, -0.2) is 39.5 Å². The van der Waals surface area contributed by atoms with Crippen molar-refractivity contribution in [2.75, 3.05) is 212 Å². The van der Waals surface area contributed by atoms with Gasteiger partial charge in [0.15, 0.2) is 9.84 Å². The largest absolute Gasteiger partial charge is 0.379 e. The molecule has 6 aromatic rings. The van der Waals surface area contributed by atoms with Crippen LogP contribution in [-0.4, -0.2) is 264 Å². The van der Waals surface area contributed by atoms with Gasteiger partial charge >= 0.3 is 6.03 Å². The lowest BCUT2D eigenvalue weighted by molar-refractivity contribution is -0.119. The second-order valence-electron chi connectivity index (χ2n) is 30.0. The second kappa shape index (κ2) is 60.4. The molecule has 6 N–H and O–H groups in total. The number of fused-ring (bicyclic) bond motifs is 3. The number of likely N-dealkylation sites (N-methyl/N-ethyl adjacent to an activating group) is 3. The van der Waals surface area contributed by atoms with Crippen molar-refractivity contribution in [1.29, 1.82) is 0 Å². The molecule has 3 aliphatic rings. The molecule has 0 saturated heterocycles. The number of carbonyl (C=O) groups excluding carboxylic acids is 2. The number of benzene rings is 6. The molecule has 125 heavy (non-hydrogen) atoms. The molecule has 0 fully saturated rings. The van der Waals surface area contributed by atoms with E-state index in [4.69, 9.17) is 118 Å². The summed E-state index contributed by atoms with van der Waals surface area (Å²) in [6, 6.07) is 31.9. The number of Topliss-reactive ketones (excluding diaryl/α,β-unsaturated/α-hetero) is 1. The summed E-state index contributed by atoms with van der Waals surface area (Å²) >= 11 is 38.2. The lowest BCUT2D eigenvalue weighted by Gasteiger charge is -2.33. The smallest absolute Gasteiger partial charge is 0.314 e. The highest BCUT2D eigenvalue weighted by Crippen LogP contribution is 2.42. The van der Waals surface area contributed by atoms with E-state index in [0.29, 0.717) is 205 Å². The van der Waals surface area contributed by atoms with Crippen molar-refractivity contribution < 1.29 is 77.5 Å². The number of carbonyl (C=O) groups is 2. The molecular weight excluding hydrogens is 1800 g/mol. The first-order valence-electron chi connectivity index (χ1n) is 42.1. The Hall–Kier alpha value is -5.55. The fraction of sp³-hybridized carbons (Fsp3) is 0.563. The van der Waals surface area contributed by atoms with E-state index in [1.165, 1.54) is 12.8 Å². The molecule has 38 heteroatoms. The summed E-state index contributed by atoms with van der Waals surface area (Å²) in [5.41, 5.74) is 14.8. The van der Waals surface area contributed by atoms with E-state index in [0.717, 1.165) is 109 Å². The van der Waals surface area contributed by atoms with Crippen LogP contribution in [0.1, 0.15) is 139 Å². The standard InChI is InChI=1S/C33H47Cl2NO6S.C26H36Cl2N4O6S.C24H33Cl2N3O5S.C4H8N2O2/c1-3-4-5-6-9-28(37)10-7-15-40-17-19-42-20-18-41-16-8-21-43(38,39)29-13-11-26(12-14-29)31-24-36(2)25-32-30(31)22-27(34)23-33(32)35;1-29-26(33)30-7-9-36-11-13-38-14-12-37-10-8-31-39(34,35)21-5-3-19(4-6-21)23-17-32(2)18-24-22(23)15-20(27)16-25(24)28;1-29-16-22(21-14-19(25)15-24(26)23(21)17-29)18-2-4-20(5-3-18)35(30,31)28-7-9-33-11-13-34-12-10-32-8-6-27;7-5-3-1-2-4-6-8/h11-14,22-23,31H,3-10,15-21,24-25H2,1-2H3;3-6,15-16,23,31H,7-14,17-18H2,1-2H3,(H2,29,30,33);2-5,14-15,22,28H,6-13,16-17,27H2,1H3;1-4H2. The molecule has 2 amide bonds. The zero-order valence-corrected chi connectivity index (χ0v) is 79.2. The fourth-order valence-electron chi connectivity index (χ4n) is 13.8. The molecule has 29 nitrogen and oxygen atoms in total. The molecule has 0 aromatic heterocycles. The van der Waals surface area contributed by atoms with Crippen molar-refractivity contribution in [2.45, 2.75) is 123 Å². The average Bonchev–Trinajstić information content (AvgIpc) is 0.783. The molecule has 696 valence electrons. The monoisotopic (exact) mass is 1920 g/mol. The zero-order chi connectivity index (χ0) is 90.8. The van der Waals surface area contributed by atoms with E-state index < -0.39 is 29.9 Å². The number of ether oxygens (including phenoxy) is 9. The van der Waals surface area contributed by atoms with Crippen molar-refractivity contribution in [3.63, 3.8) is 0 Å². The Kier molecular flexibility index (Phi) is 52.3. The van der Waals surface area contributed by atoms with Crippen LogP contribution in [0.4, 0.5) is 4.79 Å². The number of amides is 2. The predicted octanol–water partition coefficient (Wildman–Crippen LogP) is 14.1. The first-order valence-corrected chi connectivity index (χ1v) is 49.0. The van der Waals surface area contributed by atoms with Crippen LogP contribution < -0.4 is 25.8 Å². The number of halogens is 6. The van der Waals surface area contributed by atoms with Crippen LogP contribution in [0.2, 0.25) is 30.1 Å². The highest BCUT2D eigenvalue weighted by atomic mass is 35.5. The third kappa shape index (κ3) is 40.4. The molecule has 0 spiro atoms. The number of rotatable bonds is 55. The van der Waals surface area contributed by atoms with E-state index in [-0.39, 0.29) is 65.6 Å². The molecule has 3 atom stereocenters. The molecule has 3 heterocycles. The minimum Gasteiger partial charge on any atom is -0.379 e. The van der Waals surface area contributed by atoms with Gasteiger partial charge in [0.1, 0.15) is 5.78 Å².